The molecule has 90 valence electrons. The van der Waals surface area contributed by atoms with Crippen molar-refractivity contribution in [2.24, 2.45) is 5.92 Å². The molecule has 0 spiro atoms. The zero-order chi connectivity index (χ0) is 11.3. The molecule has 1 saturated heterocycles. The molecule has 1 rings (SSSR count). The molecule has 4 nitrogen and oxygen atoms in total. The fraction of sp³-hybridized carbons (Fsp3) is 1.00. The van der Waals surface area contributed by atoms with E-state index in [4.69, 9.17) is 0 Å². The van der Waals surface area contributed by atoms with Gasteiger partial charge in [0.1, 0.15) is 0 Å². The highest BCUT2D eigenvalue weighted by molar-refractivity contribution is 7.91. The largest absolute Gasteiger partial charge is 0.315 e. The van der Waals surface area contributed by atoms with Gasteiger partial charge in [-0.1, -0.05) is 6.92 Å². The van der Waals surface area contributed by atoms with Crippen LogP contribution in [0.15, 0.2) is 0 Å². The third kappa shape index (κ3) is 4.95. The first-order valence-corrected chi connectivity index (χ1v) is 7.50. The molecule has 0 aromatic rings. The Labute approximate surface area is 92.7 Å². The lowest BCUT2D eigenvalue weighted by atomic mass is 10.1. The highest BCUT2D eigenvalue weighted by Crippen LogP contribution is 2.17. The van der Waals surface area contributed by atoms with Crippen molar-refractivity contribution in [1.82, 2.24) is 10.6 Å². The minimum Gasteiger partial charge on any atom is -0.315 e. The Kier molecular flexibility index (Phi) is 5.02. The summed E-state index contributed by atoms with van der Waals surface area (Å²) in [6.07, 6.45) is 0.823. The van der Waals surface area contributed by atoms with Crippen LogP contribution in [0.4, 0.5) is 0 Å². The fourth-order valence-electron chi connectivity index (χ4n) is 1.83. The molecule has 0 bridgehead atoms. The van der Waals surface area contributed by atoms with E-state index < -0.39 is 9.84 Å². The first kappa shape index (κ1) is 12.9. The quantitative estimate of drug-likeness (QED) is 0.680. The Bertz CT molecular complexity index is 277. The minimum atomic E-state index is -2.72. The van der Waals surface area contributed by atoms with Crippen LogP contribution in [0.2, 0.25) is 0 Å². The van der Waals surface area contributed by atoms with Crippen molar-refractivity contribution in [2.75, 3.05) is 31.1 Å². The molecule has 0 aromatic heterocycles. The lowest BCUT2D eigenvalue weighted by Crippen LogP contribution is -2.39. The normalized spacial score (nSPS) is 26.7. The molecule has 2 atom stereocenters. The second-order valence-corrected chi connectivity index (χ2v) is 6.61. The summed E-state index contributed by atoms with van der Waals surface area (Å²) in [6, 6.07) is 0.410. The third-order valence-electron chi connectivity index (χ3n) is 2.78. The predicted molar refractivity (Wildman–Crippen MR) is 62.8 cm³/mol. The zero-order valence-electron chi connectivity index (χ0n) is 9.62. The molecule has 15 heavy (non-hydrogen) atoms. The predicted octanol–water partition coefficient (Wildman–Crippen LogP) is 0.00870. The van der Waals surface area contributed by atoms with Crippen molar-refractivity contribution < 1.29 is 8.42 Å². The summed E-state index contributed by atoms with van der Waals surface area (Å²) in [6.45, 7) is 6.94. The molecule has 1 heterocycles. The minimum absolute atomic E-state index is 0.319. The Morgan fingerprint density at radius 1 is 1.47 bits per heavy atom. The lowest BCUT2D eigenvalue weighted by molar-refractivity contribution is 0.450. The fourth-order valence-corrected chi connectivity index (χ4v) is 3.70. The molecule has 1 aliphatic rings. The SMILES string of the molecule is CCNCC(C)NCC1CCS(=O)(=O)C1. The van der Waals surface area contributed by atoms with Gasteiger partial charge in [0, 0.05) is 12.6 Å². The van der Waals surface area contributed by atoms with E-state index in [1.807, 2.05) is 0 Å². The van der Waals surface area contributed by atoms with Crippen LogP contribution in [-0.2, 0) is 9.84 Å². The average Bonchev–Trinajstić information content (AvgIpc) is 2.52. The Balaban J connectivity index is 2.15. The number of hydrogen-bond donors (Lipinski definition) is 2. The van der Waals surface area contributed by atoms with Gasteiger partial charge in [0.05, 0.1) is 11.5 Å². The Morgan fingerprint density at radius 3 is 2.73 bits per heavy atom. The van der Waals surface area contributed by atoms with Crippen molar-refractivity contribution in [3.05, 3.63) is 0 Å². The topological polar surface area (TPSA) is 58.2 Å². The highest BCUT2D eigenvalue weighted by atomic mass is 32.2. The molecular weight excluding hydrogens is 212 g/mol. The van der Waals surface area contributed by atoms with Crippen molar-refractivity contribution >= 4 is 9.84 Å². The second kappa shape index (κ2) is 5.82. The number of sulfone groups is 1. The molecule has 1 aliphatic heterocycles. The van der Waals surface area contributed by atoms with Crippen LogP contribution < -0.4 is 10.6 Å². The molecule has 0 radical (unpaired) electrons. The van der Waals surface area contributed by atoms with E-state index in [1.54, 1.807) is 0 Å². The van der Waals surface area contributed by atoms with Gasteiger partial charge in [-0.3, -0.25) is 0 Å². The van der Waals surface area contributed by atoms with Gasteiger partial charge in [-0.15, -0.1) is 0 Å². The average molecular weight is 234 g/mol. The maximum absolute atomic E-state index is 11.2. The summed E-state index contributed by atoms with van der Waals surface area (Å²) in [5.41, 5.74) is 0. The summed E-state index contributed by atoms with van der Waals surface area (Å²) in [7, 11) is -2.72. The molecule has 2 unspecified atom stereocenters. The van der Waals surface area contributed by atoms with Crippen LogP contribution in [-0.4, -0.2) is 45.6 Å². The Hall–Kier alpha value is -0.130. The summed E-state index contributed by atoms with van der Waals surface area (Å²) in [5, 5.41) is 6.63. The smallest absolute Gasteiger partial charge is 0.150 e. The first-order chi connectivity index (χ1) is 7.03. The number of rotatable bonds is 6. The van der Waals surface area contributed by atoms with Gasteiger partial charge >= 0.3 is 0 Å². The van der Waals surface area contributed by atoms with Crippen molar-refractivity contribution in [2.45, 2.75) is 26.3 Å². The molecule has 0 aromatic carbocycles. The van der Waals surface area contributed by atoms with E-state index in [0.29, 0.717) is 23.5 Å². The molecule has 1 fully saturated rings. The van der Waals surface area contributed by atoms with Crippen molar-refractivity contribution in [3.63, 3.8) is 0 Å². The van der Waals surface area contributed by atoms with Gasteiger partial charge in [0.15, 0.2) is 9.84 Å². The van der Waals surface area contributed by atoms with Crippen LogP contribution in [0, 0.1) is 5.92 Å². The van der Waals surface area contributed by atoms with Gasteiger partial charge in [0.2, 0.25) is 0 Å². The number of likely N-dealkylation sites (N-methyl/N-ethyl adjacent to an activating group) is 1. The van der Waals surface area contributed by atoms with Gasteiger partial charge < -0.3 is 10.6 Å². The van der Waals surface area contributed by atoms with E-state index >= 15 is 0 Å². The summed E-state index contributed by atoms with van der Waals surface area (Å²) >= 11 is 0. The highest BCUT2D eigenvalue weighted by Gasteiger charge is 2.27. The lowest BCUT2D eigenvalue weighted by Gasteiger charge is -2.16. The first-order valence-electron chi connectivity index (χ1n) is 5.68. The van der Waals surface area contributed by atoms with Gasteiger partial charge in [-0.2, -0.15) is 0 Å². The summed E-state index contributed by atoms with van der Waals surface area (Å²) in [4.78, 5) is 0. The van der Waals surface area contributed by atoms with Gasteiger partial charge in [-0.25, -0.2) is 8.42 Å². The van der Waals surface area contributed by atoms with Gasteiger partial charge in [0.25, 0.3) is 0 Å². The third-order valence-corrected chi connectivity index (χ3v) is 4.62. The summed E-state index contributed by atoms with van der Waals surface area (Å²) < 4.78 is 22.4. The maximum Gasteiger partial charge on any atom is 0.150 e. The van der Waals surface area contributed by atoms with Crippen LogP contribution in [0.25, 0.3) is 0 Å². The van der Waals surface area contributed by atoms with E-state index in [0.717, 1.165) is 26.1 Å². The molecular formula is C10H22N2O2S. The van der Waals surface area contributed by atoms with Crippen LogP contribution in [0.3, 0.4) is 0 Å². The van der Waals surface area contributed by atoms with Gasteiger partial charge in [-0.05, 0) is 32.4 Å². The van der Waals surface area contributed by atoms with E-state index in [2.05, 4.69) is 24.5 Å². The molecule has 0 saturated carbocycles. The van der Waals surface area contributed by atoms with Crippen molar-refractivity contribution in [1.29, 1.82) is 0 Å². The molecule has 5 heteroatoms. The standard InChI is InChI=1S/C10H22N2O2S/c1-3-11-6-9(2)12-7-10-4-5-15(13,14)8-10/h9-12H,3-8H2,1-2H3. The van der Waals surface area contributed by atoms with E-state index in [9.17, 15) is 8.42 Å². The molecule has 2 N–H and O–H groups in total. The van der Waals surface area contributed by atoms with Crippen LogP contribution in [0.5, 0.6) is 0 Å². The molecule has 0 aliphatic carbocycles. The number of hydrogen-bond acceptors (Lipinski definition) is 4. The monoisotopic (exact) mass is 234 g/mol. The van der Waals surface area contributed by atoms with E-state index in [-0.39, 0.29) is 0 Å². The Morgan fingerprint density at radius 2 is 2.20 bits per heavy atom. The summed E-state index contributed by atoms with van der Waals surface area (Å²) in [5.74, 6) is 1.06. The van der Waals surface area contributed by atoms with Crippen molar-refractivity contribution in [3.8, 4) is 0 Å². The second-order valence-electron chi connectivity index (χ2n) is 4.39. The number of nitrogens with one attached hydrogen (secondary N) is 2. The molecule has 0 amide bonds. The zero-order valence-corrected chi connectivity index (χ0v) is 10.4. The maximum atomic E-state index is 11.2. The van der Waals surface area contributed by atoms with E-state index in [1.165, 1.54) is 0 Å². The van der Waals surface area contributed by atoms with Crippen LogP contribution in [0.1, 0.15) is 20.3 Å². The van der Waals surface area contributed by atoms with Crippen LogP contribution >= 0.6 is 0 Å².